The molecule has 0 aliphatic carbocycles. The van der Waals surface area contributed by atoms with Gasteiger partial charge in [-0.2, -0.15) is 5.10 Å². The van der Waals surface area contributed by atoms with Gasteiger partial charge in [0.2, 0.25) is 0 Å². The highest BCUT2D eigenvalue weighted by Gasteiger charge is 2.20. The number of rotatable bonds is 10. The number of aromatic amines is 1. The van der Waals surface area contributed by atoms with E-state index in [4.69, 9.17) is 4.74 Å². The van der Waals surface area contributed by atoms with Crippen molar-refractivity contribution in [1.82, 2.24) is 15.1 Å². The van der Waals surface area contributed by atoms with Gasteiger partial charge in [0, 0.05) is 62.2 Å². The standard InChI is InChI=1S/C31H36F2N6O2/c1-38(2)10-11-39(3)25-5-6-26(29(19-25)34-24-8-12-41-13-9-24)31(40)35-30-27-17-20(4-7-28(27)36-37-30)14-21-15-22(32)18-23(33)16-21/h4-7,15-19,24,34H,8-14H2,1-3H3,(H2,35,36,37,40). The molecule has 0 atom stereocenters. The number of amides is 1. The number of fused-ring (bicyclic) bond motifs is 1. The number of nitrogens with zero attached hydrogens (tertiary/aromatic N) is 3. The Hall–Kier alpha value is -4.02. The number of likely N-dealkylation sites (N-methyl/N-ethyl adjacent to an activating group) is 2. The van der Waals surface area contributed by atoms with Crippen LogP contribution in [0.15, 0.2) is 54.6 Å². The number of benzene rings is 3. The summed E-state index contributed by atoms with van der Waals surface area (Å²) in [5.41, 5.74) is 4.40. The molecule has 1 aromatic heterocycles. The number of carbonyl (C=O) groups is 1. The maximum atomic E-state index is 13.7. The van der Waals surface area contributed by atoms with Gasteiger partial charge in [-0.1, -0.05) is 6.07 Å². The SMILES string of the molecule is CN(C)CCN(C)c1ccc(C(=O)Nc2n[nH]c3ccc(Cc4cc(F)cc(F)c4)cc23)c(NC2CCOCC2)c1. The lowest BCUT2D eigenvalue weighted by atomic mass is 10.0. The lowest BCUT2D eigenvalue weighted by Crippen LogP contribution is -2.30. The fraction of sp³-hybridized carbons (Fsp3) is 0.355. The quantitative estimate of drug-likeness (QED) is 0.244. The van der Waals surface area contributed by atoms with Crippen LogP contribution in [-0.4, -0.2) is 74.5 Å². The number of H-pyrrole nitrogens is 1. The Labute approximate surface area is 238 Å². The molecule has 1 saturated heterocycles. The zero-order valence-corrected chi connectivity index (χ0v) is 23.6. The molecule has 1 amide bonds. The van der Waals surface area contributed by atoms with Crippen LogP contribution >= 0.6 is 0 Å². The van der Waals surface area contributed by atoms with Crippen LogP contribution in [0.3, 0.4) is 0 Å². The molecule has 5 rings (SSSR count). The number of nitrogens with one attached hydrogen (secondary N) is 3. The Bertz CT molecular complexity index is 1500. The van der Waals surface area contributed by atoms with Gasteiger partial charge < -0.3 is 25.2 Å². The van der Waals surface area contributed by atoms with Crippen molar-refractivity contribution in [3.05, 3.63) is 82.9 Å². The van der Waals surface area contributed by atoms with Crippen LogP contribution in [0.25, 0.3) is 10.9 Å². The number of ether oxygens (including phenoxy) is 1. The molecule has 0 unspecified atom stereocenters. The van der Waals surface area contributed by atoms with Gasteiger partial charge in [-0.15, -0.1) is 0 Å². The van der Waals surface area contributed by atoms with Crippen LogP contribution in [-0.2, 0) is 11.2 Å². The molecule has 4 aromatic rings. The summed E-state index contributed by atoms with van der Waals surface area (Å²) in [5, 5.41) is 14.6. The van der Waals surface area contributed by atoms with Gasteiger partial charge in [0.15, 0.2) is 5.82 Å². The fourth-order valence-electron chi connectivity index (χ4n) is 5.02. The van der Waals surface area contributed by atoms with E-state index in [0.29, 0.717) is 42.0 Å². The maximum absolute atomic E-state index is 13.7. The predicted molar refractivity (Wildman–Crippen MR) is 159 cm³/mol. The smallest absolute Gasteiger partial charge is 0.258 e. The molecule has 1 fully saturated rings. The van der Waals surface area contributed by atoms with E-state index in [1.807, 2.05) is 57.5 Å². The summed E-state index contributed by atoms with van der Waals surface area (Å²) in [6.45, 7) is 3.12. The number of anilines is 3. The van der Waals surface area contributed by atoms with Crippen molar-refractivity contribution in [2.24, 2.45) is 0 Å². The van der Waals surface area contributed by atoms with Crippen molar-refractivity contribution < 1.29 is 18.3 Å². The molecule has 3 N–H and O–H groups in total. The van der Waals surface area contributed by atoms with Crippen molar-refractivity contribution in [2.75, 3.05) is 63.0 Å². The van der Waals surface area contributed by atoms with Gasteiger partial charge in [-0.05, 0) is 86.9 Å². The number of halogens is 2. The molecule has 1 aliphatic rings. The summed E-state index contributed by atoms with van der Waals surface area (Å²) >= 11 is 0. The van der Waals surface area contributed by atoms with Crippen LogP contribution < -0.4 is 15.5 Å². The van der Waals surface area contributed by atoms with E-state index >= 15 is 0 Å². The Morgan fingerprint density at radius 2 is 1.73 bits per heavy atom. The summed E-state index contributed by atoms with van der Waals surface area (Å²) in [6, 6.07) is 15.1. The van der Waals surface area contributed by atoms with E-state index in [1.54, 1.807) is 0 Å². The third-order valence-corrected chi connectivity index (χ3v) is 7.34. The Morgan fingerprint density at radius 3 is 2.46 bits per heavy atom. The third kappa shape index (κ3) is 7.20. The molecule has 1 aliphatic heterocycles. The second kappa shape index (κ2) is 12.7. The van der Waals surface area contributed by atoms with Gasteiger partial charge in [0.25, 0.3) is 5.91 Å². The molecule has 41 heavy (non-hydrogen) atoms. The average Bonchev–Trinajstić information content (AvgIpc) is 3.33. The minimum atomic E-state index is -0.614. The van der Waals surface area contributed by atoms with Crippen LogP contribution in [0.4, 0.5) is 26.0 Å². The largest absolute Gasteiger partial charge is 0.381 e. The number of hydrogen-bond acceptors (Lipinski definition) is 6. The zero-order valence-electron chi connectivity index (χ0n) is 23.6. The minimum absolute atomic E-state index is 0.207. The predicted octanol–water partition coefficient (Wildman–Crippen LogP) is 5.27. The first-order valence-electron chi connectivity index (χ1n) is 13.8. The monoisotopic (exact) mass is 562 g/mol. The third-order valence-electron chi connectivity index (χ3n) is 7.34. The second-order valence-corrected chi connectivity index (χ2v) is 10.8. The zero-order chi connectivity index (χ0) is 28.9. The first-order valence-corrected chi connectivity index (χ1v) is 13.8. The highest BCUT2D eigenvalue weighted by atomic mass is 19.1. The van der Waals surface area contributed by atoms with Gasteiger partial charge in [0.05, 0.1) is 11.1 Å². The Morgan fingerprint density at radius 1 is 0.976 bits per heavy atom. The molecule has 216 valence electrons. The summed E-state index contributed by atoms with van der Waals surface area (Å²) in [7, 11) is 6.13. The summed E-state index contributed by atoms with van der Waals surface area (Å²) in [5.74, 6) is -1.12. The lowest BCUT2D eigenvalue weighted by molar-refractivity contribution is 0.0904. The van der Waals surface area contributed by atoms with Gasteiger partial charge in [-0.25, -0.2) is 8.78 Å². The first-order chi connectivity index (χ1) is 19.7. The maximum Gasteiger partial charge on any atom is 0.258 e. The molecule has 0 radical (unpaired) electrons. The van der Waals surface area contributed by atoms with E-state index in [9.17, 15) is 13.6 Å². The Kier molecular flexibility index (Phi) is 8.80. The molecule has 0 spiro atoms. The molecule has 2 heterocycles. The molecule has 3 aromatic carbocycles. The highest BCUT2D eigenvalue weighted by Crippen LogP contribution is 2.28. The van der Waals surface area contributed by atoms with E-state index in [2.05, 4.69) is 30.6 Å². The van der Waals surface area contributed by atoms with Crippen molar-refractivity contribution in [3.63, 3.8) is 0 Å². The first kappa shape index (κ1) is 28.5. The van der Waals surface area contributed by atoms with Gasteiger partial charge >= 0.3 is 0 Å². The fourth-order valence-corrected chi connectivity index (χ4v) is 5.02. The van der Waals surface area contributed by atoms with Crippen molar-refractivity contribution in [2.45, 2.75) is 25.3 Å². The minimum Gasteiger partial charge on any atom is -0.381 e. The van der Waals surface area contributed by atoms with Crippen molar-refractivity contribution in [1.29, 1.82) is 0 Å². The van der Waals surface area contributed by atoms with Crippen LogP contribution in [0.2, 0.25) is 0 Å². The second-order valence-electron chi connectivity index (χ2n) is 10.8. The topological polar surface area (TPSA) is 85.5 Å². The number of aromatic nitrogens is 2. The van der Waals surface area contributed by atoms with E-state index in [0.717, 1.165) is 54.5 Å². The molecular weight excluding hydrogens is 526 g/mol. The van der Waals surface area contributed by atoms with Crippen molar-refractivity contribution in [3.8, 4) is 0 Å². The summed E-state index contributed by atoms with van der Waals surface area (Å²) in [6.07, 6.45) is 2.07. The normalized spacial score (nSPS) is 14.0. The van der Waals surface area contributed by atoms with Crippen LogP contribution in [0.5, 0.6) is 0 Å². The average molecular weight is 563 g/mol. The van der Waals surface area contributed by atoms with Crippen molar-refractivity contribution >= 4 is 34.0 Å². The molecule has 10 heteroatoms. The lowest BCUT2D eigenvalue weighted by Gasteiger charge is -2.27. The number of hydrogen-bond donors (Lipinski definition) is 3. The van der Waals surface area contributed by atoms with E-state index in [-0.39, 0.29) is 11.9 Å². The molecule has 8 nitrogen and oxygen atoms in total. The summed E-state index contributed by atoms with van der Waals surface area (Å²) < 4.78 is 32.9. The van der Waals surface area contributed by atoms with Gasteiger partial charge in [0.1, 0.15) is 11.6 Å². The van der Waals surface area contributed by atoms with Crippen LogP contribution in [0, 0.1) is 11.6 Å². The Balaban J connectivity index is 1.39. The van der Waals surface area contributed by atoms with Gasteiger partial charge in [-0.3, -0.25) is 9.89 Å². The van der Waals surface area contributed by atoms with Crippen LogP contribution in [0.1, 0.15) is 34.3 Å². The molecular formula is C31H36F2N6O2. The molecule has 0 saturated carbocycles. The number of carbonyl (C=O) groups excluding carboxylic acids is 1. The van der Waals surface area contributed by atoms with E-state index < -0.39 is 11.6 Å². The molecule has 0 bridgehead atoms. The summed E-state index contributed by atoms with van der Waals surface area (Å²) in [4.78, 5) is 17.9. The van der Waals surface area contributed by atoms with E-state index in [1.165, 1.54) is 12.1 Å². The highest BCUT2D eigenvalue weighted by molar-refractivity contribution is 6.11.